The van der Waals surface area contributed by atoms with Crippen molar-refractivity contribution in [2.24, 2.45) is 5.92 Å². The van der Waals surface area contributed by atoms with Gasteiger partial charge in [0, 0.05) is 6.42 Å². The lowest BCUT2D eigenvalue weighted by atomic mass is 9.91. The van der Waals surface area contributed by atoms with E-state index in [1.165, 1.54) is 83.5 Å². The van der Waals surface area contributed by atoms with Crippen LogP contribution in [-0.4, -0.2) is 11.1 Å². The first kappa shape index (κ1) is 21.5. The molecule has 2 heteroatoms. The monoisotopic (exact) mass is 312 g/mol. The van der Waals surface area contributed by atoms with Crippen molar-refractivity contribution >= 4 is 5.97 Å². The second-order valence-electron chi connectivity index (χ2n) is 6.91. The Hall–Kier alpha value is -0.530. The van der Waals surface area contributed by atoms with Crippen molar-refractivity contribution in [3.05, 3.63) is 0 Å². The van der Waals surface area contributed by atoms with Gasteiger partial charge in [-0.15, -0.1) is 0 Å². The van der Waals surface area contributed by atoms with Crippen molar-refractivity contribution in [2.75, 3.05) is 0 Å². The minimum absolute atomic E-state index is 0.345. The van der Waals surface area contributed by atoms with Gasteiger partial charge in [0.2, 0.25) is 0 Å². The van der Waals surface area contributed by atoms with Crippen LogP contribution in [-0.2, 0) is 4.79 Å². The van der Waals surface area contributed by atoms with Gasteiger partial charge in [-0.25, -0.2) is 0 Å². The van der Waals surface area contributed by atoms with Crippen molar-refractivity contribution in [3.63, 3.8) is 0 Å². The van der Waals surface area contributed by atoms with Gasteiger partial charge >= 0.3 is 5.97 Å². The van der Waals surface area contributed by atoms with Crippen molar-refractivity contribution in [1.82, 2.24) is 0 Å². The minimum atomic E-state index is -0.644. The van der Waals surface area contributed by atoms with Crippen LogP contribution in [0.15, 0.2) is 0 Å². The molecule has 0 aromatic rings. The molecule has 1 unspecified atom stereocenters. The average Bonchev–Trinajstić information content (AvgIpc) is 2.48. The number of hydrogen-bond acceptors (Lipinski definition) is 1. The number of rotatable bonds is 17. The zero-order chi connectivity index (χ0) is 16.5. The molecule has 2 nitrogen and oxygen atoms in total. The van der Waals surface area contributed by atoms with Crippen LogP contribution in [0, 0.1) is 5.92 Å². The second-order valence-corrected chi connectivity index (χ2v) is 6.91. The van der Waals surface area contributed by atoms with Crippen LogP contribution in [0.1, 0.15) is 117 Å². The van der Waals surface area contributed by atoms with Crippen LogP contribution in [0.4, 0.5) is 0 Å². The minimum Gasteiger partial charge on any atom is -0.481 e. The van der Waals surface area contributed by atoms with E-state index >= 15 is 0 Å². The fourth-order valence-corrected chi connectivity index (χ4v) is 3.30. The number of aliphatic carboxylic acids is 1. The molecular formula is C20H40O2. The van der Waals surface area contributed by atoms with Gasteiger partial charge in [-0.3, -0.25) is 4.79 Å². The summed E-state index contributed by atoms with van der Waals surface area (Å²) >= 11 is 0. The summed E-state index contributed by atoms with van der Waals surface area (Å²) in [5.74, 6) is 0.118. The topological polar surface area (TPSA) is 37.3 Å². The molecule has 0 rings (SSSR count). The summed E-state index contributed by atoms with van der Waals surface area (Å²) in [5.41, 5.74) is 0. The summed E-state index contributed by atoms with van der Waals surface area (Å²) < 4.78 is 0. The third-order valence-corrected chi connectivity index (χ3v) is 4.67. The zero-order valence-corrected chi connectivity index (χ0v) is 15.2. The second kappa shape index (κ2) is 16.8. The van der Waals surface area contributed by atoms with Gasteiger partial charge in [0.1, 0.15) is 0 Å². The third-order valence-electron chi connectivity index (χ3n) is 4.67. The van der Waals surface area contributed by atoms with Crippen LogP contribution in [0.25, 0.3) is 0 Å². The first-order valence-corrected chi connectivity index (χ1v) is 9.92. The molecule has 0 spiro atoms. The largest absolute Gasteiger partial charge is 0.481 e. The van der Waals surface area contributed by atoms with E-state index in [4.69, 9.17) is 5.11 Å². The Bertz CT molecular complexity index is 238. The van der Waals surface area contributed by atoms with E-state index in [0.29, 0.717) is 6.42 Å². The van der Waals surface area contributed by atoms with Gasteiger partial charge < -0.3 is 5.11 Å². The van der Waals surface area contributed by atoms with E-state index in [1.807, 2.05) is 0 Å². The fraction of sp³-hybridized carbons (Fsp3) is 0.950. The van der Waals surface area contributed by atoms with Crippen LogP contribution >= 0.6 is 0 Å². The van der Waals surface area contributed by atoms with Crippen molar-refractivity contribution < 1.29 is 9.90 Å². The van der Waals surface area contributed by atoms with Crippen LogP contribution in [0.2, 0.25) is 0 Å². The molecule has 0 aliphatic rings. The molecule has 22 heavy (non-hydrogen) atoms. The number of unbranched alkanes of at least 4 members (excludes halogenated alkanes) is 9. The first-order valence-electron chi connectivity index (χ1n) is 9.92. The molecule has 0 aromatic heterocycles. The summed E-state index contributed by atoms with van der Waals surface area (Å²) in [6.07, 6.45) is 20.1. The van der Waals surface area contributed by atoms with Crippen LogP contribution in [0.3, 0.4) is 0 Å². The van der Waals surface area contributed by atoms with E-state index in [0.717, 1.165) is 18.8 Å². The van der Waals surface area contributed by atoms with Crippen molar-refractivity contribution in [3.8, 4) is 0 Å². The zero-order valence-electron chi connectivity index (χ0n) is 15.2. The molecule has 0 radical (unpaired) electrons. The maximum Gasteiger partial charge on any atom is 0.303 e. The Balaban J connectivity index is 3.41. The van der Waals surface area contributed by atoms with Crippen molar-refractivity contribution in [1.29, 1.82) is 0 Å². The van der Waals surface area contributed by atoms with E-state index in [-0.39, 0.29) is 0 Å². The van der Waals surface area contributed by atoms with Crippen LogP contribution in [0.5, 0.6) is 0 Å². The summed E-state index contributed by atoms with van der Waals surface area (Å²) in [5, 5.41) is 8.72. The van der Waals surface area contributed by atoms with Gasteiger partial charge in [-0.2, -0.15) is 0 Å². The number of carboxylic acids is 1. The Labute approximate surface area is 139 Å². The summed E-state index contributed by atoms with van der Waals surface area (Å²) in [7, 11) is 0. The smallest absolute Gasteiger partial charge is 0.303 e. The lowest BCUT2D eigenvalue weighted by Gasteiger charge is -2.15. The first-order chi connectivity index (χ1) is 10.7. The molecule has 0 bridgehead atoms. The Morgan fingerprint density at radius 2 is 1.18 bits per heavy atom. The number of carbonyl (C=O) groups is 1. The predicted octanol–water partition coefficient (Wildman–Crippen LogP) is 6.97. The van der Waals surface area contributed by atoms with E-state index in [1.54, 1.807) is 0 Å². The van der Waals surface area contributed by atoms with E-state index in [9.17, 15) is 4.79 Å². The number of carboxylic acid groups (broad SMARTS) is 1. The highest BCUT2D eigenvalue weighted by molar-refractivity contribution is 5.66. The van der Waals surface area contributed by atoms with E-state index in [2.05, 4.69) is 13.8 Å². The maximum atomic E-state index is 10.6. The molecule has 1 atom stereocenters. The molecular weight excluding hydrogens is 272 g/mol. The number of hydrogen-bond donors (Lipinski definition) is 1. The van der Waals surface area contributed by atoms with Gasteiger partial charge in [-0.1, -0.05) is 97.3 Å². The lowest BCUT2D eigenvalue weighted by Crippen LogP contribution is -2.03. The quantitative estimate of drug-likeness (QED) is 0.294. The van der Waals surface area contributed by atoms with Gasteiger partial charge in [0.15, 0.2) is 0 Å². The average molecular weight is 313 g/mol. The highest BCUT2D eigenvalue weighted by Gasteiger charge is 2.08. The SMILES string of the molecule is CCCCCCCCCCCCC(CCC)CCCC(=O)O. The van der Waals surface area contributed by atoms with Crippen molar-refractivity contribution in [2.45, 2.75) is 117 Å². The molecule has 0 saturated heterocycles. The van der Waals surface area contributed by atoms with Gasteiger partial charge in [0.05, 0.1) is 0 Å². The third kappa shape index (κ3) is 15.9. The maximum absolute atomic E-state index is 10.6. The molecule has 0 aliphatic carbocycles. The molecule has 0 amide bonds. The van der Waals surface area contributed by atoms with Gasteiger partial charge in [0.25, 0.3) is 0 Å². The normalized spacial score (nSPS) is 12.5. The molecule has 132 valence electrons. The molecule has 1 N–H and O–H groups in total. The Morgan fingerprint density at radius 3 is 1.68 bits per heavy atom. The Kier molecular flexibility index (Phi) is 16.4. The van der Waals surface area contributed by atoms with Crippen LogP contribution < -0.4 is 0 Å². The fourth-order valence-electron chi connectivity index (χ4n) is 3.30. The molecule has 0 fully saturated rings. The lowest BCUT2D eigenvalue weighted by molar-refractivity contribution is -0.137. The van der Waals surface area contributed by atoms with Gasteiger partial charge in [-0.05, 0) is 18.8 Å². The Morgan fingerprint density at radius 1 is 0.682 bits per heavy atom. The molecule has 0 aliphatic heterocycles. The summed E-state index contributed by atoms with van der Waals surface area (Å²) in [6.45, 7) is 4.51. The molecule has 0 aromatic carbocycles. The summed E-state index contributed by atoms with van der Waals surface area (Å²) in [4.78, 5) is 10.6. The molecule has 0 saturated carbocycles. The van der Waals surface area contributed by atoms with E-state index < -0.39 is 5.97 Å². The predicted molar refractivity (Wildman–Crippen MR) is 96.3 cm³/mol. The highest BCUT2D eigenvalue weighted by atomic mass is 16.4. The standard InChI is InChI=1S/C20H40O2/c1-3-5-6-7-8-9-10-11-12-13-16-19(15-4-2)17-14-18-20(21)22/h19H,3-18H2,1-2H3,(H,21,22). The summed E-state index contributed by atoms with van der Waals surface area (Å²) in [6, 6.07) is 0. The highest BCUT2D eigenvalue weighted by Crippen LogP contribution is 2.22. The molecule has 0 heterocycles.